The van der Waals surface area contributed by atoms with E-state index < -0.39 is 0 Å². The molecule has 20 heavy (non-hydrogen) atoms. The van der Waals surface area contributed by atoms with Crippen LogP contribution in [0.15, 0.2) is 49.0 Å². The van der Waals surface area contributed by atoms with Crippen LogP contribution in [-0.2, 0) is 6.42 Å². The van der Waals surface area contributed by atoms with Gasteiger partial charge >= 0.3 is 0 Å². The molecule has 0 radical (unpaired) electrons. The van der Waals surface area contributed by atoms with Crippen LogP contribution in [0.25, 0.3) is 16.8 Å². The van der Waals surface area contributed by atoms with Crippen LogP contribution in [0.1, 0.15) is 29.5 Å². The molecular weight excluding hydrogens is 242 g/mol. The zero-order valence-corrected chi connectivity index (χ0v) is 11.7. The van der Waals surface area contributed by atoms with E-state index >= 15 is 0 Å². The molecule has 2 aromatic rings. The van der Waals surface area contributed by atoms with Crippen LogP contribution in [0.3, 0.4) is 0 Å². The maximum Gasteiger partial charge on any atom is 0.0366 e. The Labute approximate surface area is 120 Å². The normalized spacial score (nSPS) is 16.1. The fraction of sp³-hybridized carbons (Fsp3) is 0.263. The van der Waals surface area contributed by atoms with Crippen LogP contribution in [-0.4, -0.2) is 18.0 Å². The molecule has 100 valence electrons. The standard InChI is InChI=1S/C19H19N/c1-14(20-10-4-5-11-20)15-8-9-19-17(12-15)13-16-6-2-3-7-18(16)19/h2-3,6-9,12H,1,4-5,10-11,13H2. The predicted molar refractivity (Wildman–Crippen MR) is 84.5 cm³/mol. The summed E-state index contributed by atoms with van der Waals surface area (Å²) in [7, 11) is 0. The first kappa shape index (κ1) is 11.8. The van der Waals surface area contributed by atoms with E-state index in [0.717, 1.165) is 19.5 Å². The summed E-state index contributed by atoms with van der Waals surface area (Å²) in [6.45, 7) is 6.63. The molecule has 0 N–H and O–H groups in total. The minimum absolute atomic E-state index is 1.06. The molecule has 0 amide bonds. The number of likely N-dealkylation sites (tertiary alicyclic amines) is 1. The Hall–Kier alpha value is -2.02. The van der Waals surface area contributed by atoms with Crippen molar-refractivity contribution in [3.8, 4) is 11.1 Å². The van der Waals surface area contributed by atoms with Crippen molar-refractivity contribution >= 4 is 5.70 Å². The third kappa shape index (κ3) is 1.77. The molecule has 1 heterocycles. The summed E-state index contributed by atoms with van der Waals surface area (Å²) in [5.41, 5.74) is 8.19. The molecule has 1 nitrogen and oxygen atoms in total. The maximum absolute atomic E-state index is 4.31. The molecule has 1 heteroatoms. The van der Waals surface area contributed by atoms with Gasteiger partial charge in [0.2, 0.25) is 0 Å². The number of nitrogens with zero attached hydrogens (tertiary/aromatic N) is 1. The summed E-state index contributed by atoms with van der Waals surface area (Å²) in [5, 5.41) is 0. The van der Waals surface area contributed by atoms with Crippen molar-refractivity contribution in [2.24, 2.45) is 0 Å². The third-order valence-electron chi connectivity index (χ3n) is 4.61. The number of hydrogen-bond donors (Lipinski definition) is 0. The summed E-state index contributed by atoms with van der Waals surface area (Å²) in [4.78, 5) is 2.42. The minimum atomic E-state index is 1.06. The molecule has 2 aromatic carbocycles. The second-order valence-electron chi connectivity index (χ2n) is 5.85. The Balaban J connectivity index is 1.70. The SMILES string of the molecule is C=C(c1ccc2c(c1)Cc1ccccc1-2)N1CCCC1. The highest BCUT2D eigenvalue weighted by Gasteiger charge is 2.20. The molecule has 0 unspecified atom stereocenters. The Morgan fingerprint density at radius 1 is 0.900 bits per heavy atom. The number of rotatable bonds is 2. The number of fused-ring (bicyclic) bond motifs is 3. The van der Waals surface area contributed by atoms with Gasteiger partial charge in [-0.2, -0.15) is 0 Å². The summed E-state index contributed by atoms with van der Waals surface area (Å²) >= 11 is 0. The lowest BCUT2D eigenvalue weighted by Crippen LogP contribution is -2.16. The lowest BCUT2D eigenvalue weighted by molar-refractivity contribution is 0.494. The van der Waals surface area contributed by atoms with Gasteiger partial charge in [0.25, 0.3) is 0 Å². The topological polar surface area (TPSA) is 3.24 Å². The molecule has 0 saturated carbocycles. The van der Waals surface area contributed by atoms with Crippen molar-refractivity contribution in [2.75, 3.05) is 13.1 Å². The van der Waals surface area contributed by atoms with E-state index in [2.05, 4.69) is 53.9 Å². The molecule has 1 aliphatic carbocycles. The van der Waals surface area contributed by atoms with Crippen LogP contribution < -0.4 is 0 Å². The van der Waals surface area contributed by atoms with Gasteiger partial charge in [0.05, 0.1) is 0 Å². The van der Waals surface area contributed by atoms with Gasteiger partial charge < -0.3 is 4.90 Å². The first-order chi connectivity index (χ1) is 9.83. The summed E-state index contributed by atoms with van der Waals surface area (Å²) < 4.78 is 0. The highest BCUT2D eigenvalue weighted by atomic mass is 15.1. The average Bonchev–Trinajstić information content (AvgIpc) is 3.13. The van der Waals surface area contributed by atoms with Crippen molar-refractivity contribution in [1.82, 2.24) is 4.90 Å². The van der Waals surface area contributed by atoms with E-state index in [4.69, 9.17) is 0 Å². The van der Waals surface area contributed by atoms with Gasteiger partial charge in [-0.15, -0.1) is 0 Å². The molecule has 0 spiro atoms. The molecule has 4 rings (SSSR count). The summed E-state index contributed by atoms with van der Waals surface area (Å²) in [5.74, 6) is 0. The fourth-order valence-electron chi connectivity index (χ4n) is 3.49. The monoisotopic (exact) mass is 261 g/mol. The molecule has 1 aliphatic heterocycles. The van der Waals surface area contributed by atoms with E-state index in [0.29, 0.717) is 0 Å². The highest BCUT2D eigenvalue weighted by Crippen LogP contribution is 2.38. The van der Waals surface area contributed by atoms with Crippen LogP contribution in [0.4, 0.5) is 0 Å². The van der Waals surface area contributed by atoms with Crippen LogP contribution in [0.5, 0.6) is 0 Å². The third-order valence-corrected chi connectivity index (χ3v) is 4.61. The average molecular weight is 261 g/mol. The van der Waals surface area contributed by atoms with Crippen molar-refractivity contribution in [3.63, 3.8) is 0 Å². The molecule has 1 saturated heterocycles. The van der Waals surface area contributed by atoms with Crippen molar-refractivity contribution in [2.45, 2.75) is 19.3 Å². The molecule has 0 bridgehead atoms. The van der Waals surface area contributed by atoms with Gasteiger partial charge in [0, 0.05) is 18.8 Å². The lowest BCUT2D eigenvalue weighted by Gasteiger charge is -2.21. The first-order valence-electron chi connectivity index (χ1n) is 7.48. The van der Waals surface area contributed by atoms with Gasteiger partial charge in [-0.3, -0.25) is 0 Å². The maximum atomic E-state index is 4.31. The van der Waals surface area contributed by atoms with Gasteiger partial charge in [-0.25, -0.2) is 0 Å². The van der Waals surface area contributed by atoms with Gasteiger partial charge in [0.15, 0.2) is 0 Å². The van der Waals surface area contributed by atoms with Crippen molar-refractivity contribution in [3.05, 3.63) is 65.7 Å². The fourth-order valence-corrected chi connectivity index (χ4v) is 3.49. The van der Waals surface area contributed by atoms with E-state index in [1.54, 1.807) is 0 Å². The van der Waals surface area contributed by atoms with Gasteiger partial charge in [-0.05, 0) is 53.1 Å². The smallest absolute Gasteiger partial charge is 0.0366 e. The molecule has 0 aromatic heterocycles. The van der Waals surface area contributed by atoms with E-state index in [1.807, 2.05) is 0 Å². The summed E-state index contributed by atoms with van der Waals surface area (Å²) in [6.07, 6.45) is 3.66. The molecule has 0 atom stereocenters. The van der Waals surface area contributed by atoms with Gasteiger partial charge in [-0.1, -0.05) is 43.0 Å². The summed E-state index contributed by atoms with van der Waals surface area (Å²) in [6, 6.07) is 15.6. The minimum Gasteiger partial charge on any atom is -0.372 e. The van der Waals surface area contributed by atoms with E-state index in [-0.39, 0.29) is 0 Å². The van der Waals surface area contributed by atoms with Crippen molar-refractivity contribution < 1.29 is 0 Å². The van der Waals surface area contributed by atoms with Crippen LogP contribution >= 0.6 is 0 Å². The first-order valence-corrected chi connectivity index (χ1v) is 7.48. The lowest BCUT2D eigenvalue weighted by atomic mass is 10.0. The van der Waals surface area contributed by atoms with Crippen molar-refractivity contribution in [1.29, 1.82) is 0 Å². The second-order valence-corrected chi connectivity index (χ2v) is 5.85. The number of benzene rings is 2. The van der Waals surface area contributed by atoms with Gasteiger partial charge in [0.1, 0.15) is 0 Å². The molecular formula is C19H19N. The highest BCUT2D eigenvalue weighted by molar-refractivity contribution is 5.79. The quantitative estimate of drug-likeness (QED) is 0.664. The Morgan fingerprint density at radius 2 is 1.65 bits per heavy atom. The Morgan fingerprint density at radius 3 is 2.50 bits per heavy atom. The largest absolute Gasteiger partial charge is 0.372 e. The molecule has 1 fully saturated rings. The predicted octanol–water partition coefficient (Wildman–Crippen LogP) is 4.32. The van der Waals surface area contributed by atoms with E-state index in [1.165, 1.54) is 46.4 Å². The zero-order valence-electron chi connectivity index (χ0n) is 11.7. The Bertz CT molecular complexity index is 678. The van der Waals surface area contributed by atoms with Crippen LogP contribution in [0, 0.1) is 0 Å². The van der Waals surface area contributed by atoms with Crippen LogP contribution in [0.2, 0.25) is 0 Å². The zero-order chi connectivity index (χ0) is 13.5. The second kappa shape index (κ2) is 4.52. The number of hydrogen-bond acceptors (Lipinski definition) is 1. The van der Waals surface area contributed by atoms with E-state index in [9.17, 15) is 0 Å². The molecule has 2 aliphatic rings. The Kier molecular flexibility index (Phi) is 2.66.